The van der Waals surface area contributed by atoms with Gasteiger partial charge >= 0.3 is 36.1 Å². The minimum atomic E-state index is -2.47. The first-order valence-electron chi connectivity index (χ1n) is 30.9. The van der Waals surface area contributed by atoms with Crippen molar-refractivity contribution in [1.29, 1.82) is 0 Å². The van der Waals surface area contributed by atoms with Gasteiger partial charge in [0.1, 0.15) is 42.2 Å². The third-order valence-electron chi connectivity index (χ3n) is 17.6. The first-order valence-corrected chi connectivity index (χ1v) is 30.9. The van der Waals surface area contributed by atoms with Crippen molar-refractivity contribution in [3.8, 4) is 0 Å². The lowest BCUT2D eigenvalue weighted by Gasteiger charge is -2.67. The number of nitrogens with one attached hydrogen (secondary N) is 1. The summed E-state index contributed by atoms with van der Waals surface area (Å²) in [4.78, 5) is 99.5. The van der Waals surface area contributed by atoms with Crippen LogP contribution in [0.25, 0.3) is 0 Å². The van der Waals surface area contributed by atoms with E-state index in [4.69, 9.17) is 47.4 Å². The molecule has 1 amide bonds. The molecule has 3 N–H and O–H groups in total. The molecule has 0 radical (unpaired) electrons. The number of fused-ring (bicyclic) bond motifs is 5. The van der Waals surface area contributed by atoms with Crippen molar-refractivity contribution < 1.29 is 91.1 Å². The zero-order valence-corrected chi connectivity index (χ0v) is 52.4. The summed E-state index contributed by atoms with van der Waals surface area (Å²) in [6.45, 7) is 18.5. The van der Waals surface area contributed by atoms with Gasteiger partial charge in [-0.2, -0.15) is 0 Å². The van der Waals surface area contributed by atoms with Crippen LogP contribution < -0.4 is 5.32 Å². The second kappa shape index (κ2) is 30.0. The maximum absolute atomic E-state index is 15.8. The van der Waals surface area contributed by atoms with E-state index in [0.29, 0.717) is 6.42 Å². The summed E-state index contributed by atoms with van der Waals surface area (Å²) in [6.07, 6.45) is 6.36. The highest BCUT2D eigenvalue weighted by Gasteiger charge is 2.78. The number of ketones is 1. The molecule has 4 fully saturated rings. The molecule has 6 rings (SSSR count). The number of allylic oxidation sites excluding steroid dienone is 2. The fourth-order valence-electron chi connectivity index (χ4n) is 13.2. The molecule has 3 aliphatic carbocycles. The van der Waals surface area contributed by atoms with E-state index in [-0.39, 0.29) is 55.3 Å². The molecule has 1 aromatic rings. The van der Waals surface area contributed by atoms with Crippen LogP contribution in [0.5, 0.6) is 0 Å². The molecular weight excluding hydrogens is 1100 g/mol. The van der Waals surface area contributed by atoms with Crippen molar-refractivity contribution in [2.45, 2.75) is 264 Å². The summed E-state index contributed by atoms with van der Waals surface area (Å²) in [5, 5.41) is 28.9. The number of amides is 1. The minimum absolute atomic E-state index is 0.0237. The van der Waals surface area contributed by atoms with E-state index in [2.05, 4.69) is 24.4 Å². The molecule has 85 heavy (non-hydrogen) atoms. The van der Waals surface area contributed by atoms with Crippen LogP contribution in [-0.4, -0.2) is 144 Å². The summed E-state index contributed by atoms with van der Waals surface area (Å²) in [7, 11) is 0. The van der Waals surface area contributed by atoms with E-state index in [1.807, 2.05) is 13.8 Å². The van der Waals surface area contributed by atoms with Crippen LogP contribution in [0, 0.1) is 22.7 Å². The maximum Gasteiger partial charge on any atom is 0.509 e. The summed E-state index contributed by atoms with van der Waals surface area (Å²) in [5.41, 5.74) is -9.01. The van der Waals surface area contributed by atoms with Crippen LogP contribution in [0.4, 0.5) is 9.59 Å². The number of unbranched alkanes of at least 4 members (excludes halogenated alkanes) is 11. The van der Waals surface area contributed by atoms with Crippen molar-refractivity contribution in [3.63, 3.8) is 0 Å². The van der Waals surface area contributed by atoms with Gasteiger partial charge in [0.05, 0.1) is 42.3 Å². The molecule has 3 unspecified atom stereocenters. The Morgan fingerprint density at radius 3 is 2.07 bits per heavy atom. The quantitative estimate of drug-likeness (QED) is 0.0305. The van der Waals surface area contributed by atoms with Crippen LogP contribution in [0.3, 0.4) is 0 Å². The lowest BCUT2D eigenvalue weighted by atomic mass is 9.44. The van der Waals surface area contributed by atoms with Gasteiger partial charge in [-0.15, -0.1) is 0 Å². The van der Waals surface area contributed by atoms with Gasteiger partial charge in [-0.1, -0.05) is 116 Å². The zero-order chi connectivity index (χ0) is 62.5. The Balaban J connectivity index is 1.26. The van der Waals surface area contributed by atoms with Crippen LogP contribution in [0.1, 0.15) is 203 Å². The molecule has 2 saturated heterocycles. The van der Waals surface area contributed by atoms with E-state index < -0.39 is 137 Å². The molecule has 20 heteroatoms. The second-order valence-electron chi connectivity index (χ2n) is 26.1. The molecule has 0 spiro atoms. The Morgan fingerprint density at radius 2 is 1.48 bits per heavy atom. The zero-order valence-electron chi connectivity index (χ0n) is 52.4. The highest BCUT2D eigenvalue weighted by atomic mass is 16.8. The Kier molecular flexibility index (Phi) is 24.2. The van der Waals surface area contributed by atoms with E-state index in [0.717, 1.165) is 52.4 Å². The number of aliphatic hydroxyl groups excluding tert-OH is 1. The average molecular weight is 1200 g/mol. The molecule has 5 aliphatic rings. The number of carbonyl (C=O) groups is 7. The first-order chi connectivity index (χ1) is 40.1. The van der Waals surface area contributed by atoms with Crippen molar-refractivity contribution in [2.24, 2.45) is 22.7 Å². The monoisotopic (exact) mass is 1200 g/mol. The highest BCUT2D eigenvalue weighted by Crippen LogP contribution is 2.64. The van der Waals surface area contributed by atoms with E-state index in [1.165, 1.54) is 70.9 Å². The highest BCUT2D eigenvalue weighted by molar-refractivity contribution is 5.95. The molecule has 2 aliphatic heterocycles. The number of ether oxygens (including phenoxy) is 10. The van der Waals surface area contributed by atoms with E-state index >= 15 is 9.59 Å². The van der Waals surface area contributed by atoms with Crippen molar-refractivity contribution in [3.05, 3.63) is 59.2 Å². The Bertz CT molecular complexity index is 2520. The lowest BCUT2D eigenvalue weighted by Crippen LogP contribution is -2.82. The molecule has 2 heterocycles. The number of hydrogen-bond acceptors (Lipinski definition) is 19. The molecule has 1 aromatic carbocycles. The third kappa shape index (κ3) is 16.8. The summed E-state index contributed by atoms with van der Waals surface area (Å²) in [5.74, 6) is -6.67. The first kappa shape index (κ1) is 68.7. The van der Waals surface area contributed by atoms with Gasteiger partial charge in [-0.05, 0) is 109 Å². The Labute approximate surface area is 502 Å². The van der Waals surface area contributed by atoms with Crippen molar-refractivity contribution >= 4 is 41.9 Å². The molecule has 0 aromatic heterocycles. The minimum Gasteiger partial charge on any atom is -0.455 e. The van der Waals surface area contributed by atoms with Gasteiger partial charge in [-0.3, -0.25) is 14.4 Å². The molecule has 13 atom stereocenters. The predicted octanol–water partition coefficient (Wildman–Crippen LogP) is 10.4. The summed E-state index contributed by atoms with van der Waals surface area (Å²) in [6, 6.07) is 6.50. The Morgan fingerprint density at radius 1 is 0.847 bits per heavy atom. The number of alkyl carbamates (subject to hydrolysis) is 1. The van der Waals surface area contributed by atoms with Gasteiger partial charge in [0, 0.05) is 32.1 Å². The number of esters is 4. The predicted molar refractivity (Wildman–Crippen MR) is 311 cm³/mol. The summed E-state index contributed by atoms with van der Waals surface area (Å²) < 4.78 is 59.9. The number of aliphatic hydroxyl groups is 2. The van der Waals surface area contributed by atoms with Gasteiger partial charge < -0.3 is 62.9 Å². The standard InChI is InChI=1S/C65H97NO19/c1-13-14-15-16-17-18-19-20-21-22-23-24-25-26-30-33-50-76-37-45(80-50)38-77-60(74)82-52(46(34-40(2)3)66-59(73)85-61(7,8)9)58(72)81-47-36-65(75)56(83-57(71)44-31-28-27-29-32-44)54-63(12,48(69)35-49-64(54,39-78-49)84-43(6)68)55(70)53(79-42(5)67)51(41(47)4)62(65,10)11/h21-22,27-29,31-32,40,45-50,52-54,56,69,75H,13-20,23-26,30,33-39H2,1-12H3,(H,66,73)/b22-21+/t45?,46-,47-,48-,49+,50?,52+,53+,54?,56-,63+,64-,65+/m0/s1. The van der Waals surface area contributed by atoms with Gasteiger partial charge in [0.25, 0.3) is 0 Å². The molecule has 2 bridgehead atoms. The van der Waals surface area contributed by atoms with Crippen LogP contribution in [-0.2, 0) is 66.5 Å². The van der Waals surface area contributed by atoms with Crippen molar-refractivity contribution in [2.75, 3.05) is 19.8 Å². The lowest BCUT2D eigenvalue weighted by molar-refractivity contribution is -0.346. The summed E-state index contributed by atoms with van der Waals surface area (Å²) >= 11 is 0. The molecule has 476 valence electrons. The smallest absolute Gasteiger partial charge is 0.455 e. The van der Waals surface area contributed by atoms with Gasteiger partial charge in [0.2, 0.25) is 6.10 Å². The van der Waals surface area contributed by atoms with Crippen LogP contribution in [0.15, 0.2) is 53.6 Å². The third-order valence-corrected chi connectivity index (χ3v) is 17.6. The Hall–Kier alpha value is -5.41. The maximum atomic E-state index is 15.8. The molecule has 20 nitrogen and oxygen atoms in total. The fraction of sp³-hybridized carbons (Fsp3) is 0.738. The number of carbonyl (C=O) groups excluding carboxylic acids is 7. The number of benzene rings is 1. The topological polar surface area (TPSA) is 264 Å². The molecular formula is C65H97NO19. The number of hydrogen-bond donors (Lipinski definition) is 3. The second-order valence-corrected chi connectivity index (χ2v) is 26.1. The molecule has 2 saturated carbocycles. The van der Waals surface area contributed by atoms with E-state index in [1.54, 1.807) is 52.8 Å². The number of rotatable bonds is 28. The van der Waals surface area contributed by atoms with Crippen LogP contribution in [0.2, 0.25) is 0 Å². The fourth-order valence-corrected chi connectivity index (χ4v) is 13.2. The van der Waals surface area contributed by atoms with Gasteiger partial charge in [0.15, 0.2) is 23.8 Å². The average Bonchev–Trinajstić information content (AvgIpc) is 0.879. The van der Waals surface area contributed by atoms with E-state index in [9.17, 15) is 34.2 Å². The van der Waals surface area contributed by atoms with Crippen molar-refractivity contribution in [1.82, 2.24) is 5.32 Å². The normalized spacial score (nSPS) is 29.5. The number of Topliss-reactive ketones (excluding diaryl/α,β-unsaturated/α-hetero) is 1. The van der Waals surface area contributed by atoms with Gasteiger partial charge in [-0.25, -0.2) is 19.2 Å². The SMILES string of the molecule is CCCCCCCCC/C=C/CCCCCCC1OCC(COC(=O)O[C@@H](C(=O)O[C@H]2C[C@@]3(O)[C@@H](OC(=O)c4ccccc4)C4[C@](C)(C(=O)[C@H](OC(C)=O)C(=C2C)C3(C)C)[C@@H](O)C[C@H]2OC[C@@]42OC(C)=O)[C@H](CC(C)C)NC(=O)OC(C)(C)C)O1. The largest absolute Gasteiger partial charge is 0.509 e. The van der Waals surface area contributed by atoms with Crippen LogP contribution >= 0.6 is 0 Å².